The van der Waals surface area contributed by atoms with Crippen molar-refractivity contribution in [2.75, 3.05) is 13.2 Å². The number of ether oxygens (including phenoxy) is 3. The summed E-state index contributed by atoms with van der Waals surface area (Å²) in [5.74, 6) is 0.795. The molecule has 0 unspecified atom stereocenters. The lowest BCUT2D eigenvalue weighted by Crippen LogP contribution is -2.17. The monoisotopic (exact) mass is 415 g/mol. The predicted octanol–water partition coefficient (Wildman–Crippen LogP) is 3.91. The van der Waals surface area contributed by atoms with Crippen molar-refractivity contribution < 1.29 is 23.8 Å². The van der Waals surface area contributed by atoms with Gasteiger partial charge in [-0.2, -0.15) is 0 Å². The summed E-state index contributed by atoms with van der Waals surface area (Å²) in [7, 11) is 0. The summed E-state index contributed by atoms with van der Waals surface area (Å²) < 4.78 is 16.7. The van der Waals surface area contributed by atoms with Gasteiger partial charge in [-0.1, -0.05) is 48.2 Å². The van der Waals surface area contributed by atoms with Crippen LogP contribution in [0.3, 0.4) is 0 Å². The molecule has 1 aliphatic rings. The first-order valence-corrected chi connectivity index (χ1v) is 9.68. The largest absolute Gasteiger partial charge is 0.478 e. The number of thioether (sulfide) groups is 1. The van der Waals surface area contributed by atoms with Crippen molar-refractivity contribution in [3.05, 3.63) is 59.0 Å². The molecule has 8 heteroatoms. The molecule has 1 aliphatic heterocycles. The molecule has 0 atom stereocenters. The summed E-state index contributed by atoms with van der Waals surface area (Å²) in [5, 5.41) is 2.58. The lowest BCUT2D eigenvalue weighted by atomic mass is 10.2. The van der Waals surface area contributed by atoms with Gasteiger partial charge in [-0.15, -0.1) is 0 Å². The summed E-state index contributed by atoms with van der Waals surface area (Å²) >= 11 is 6.22. The highest BCUT2D eigenvalue weighted by Crippen LogP contribution is 2.32. The molecule has 2 aromatic carbocycles. The van der Waals surface area contributed by atoms with Gasteiger partial charge in [-0.3, -0.25) is 4.79 Å². The average Bonchev–Trinajstić information content (AvgIpc) is 2.98. The van der Waals surface area contributed by atoms with E-state index in [4.69, 9.17) is 26.4 Å². The molecule has 0 aromatic heterocycles. The minimum absolute atomic E-state index is 0.202. The van der Waals surface area contributed by atoms with E-state index in [2.05, 4.69) is 5.32 Å². The topological polar surface area (TPSA) is 73.9 Å². The van der Waals surface area contributed by atoms with Crippen LogP contribution in [0.4, 0.5) is 0 Å². The Bertz CT molecular complexity index is 942. The van der Waals surface area contributed by atoms with Crippen LogP contribution in [0.5, 0.6) is 17.2 Å². The molecule has 1 fully saturated rings. The third kappa shape index (κ3) is 5.34. The van der Waals surface area contributed by atoms with E-state index in [0.717, 1.165) is 5.56 Å². The number of carbonyl (C=O) groups excluding carboxylic acids is 2. The fraction of sp³-hybridized carbons (Fsp3) is 0.150. The van der Waals surface area contributed by atoms with Crippen molar-refractivity contribution in [1.29, 1.82) is 0 Å². The van der Waals surface area contributed by atoms with Crippen LogP contribution in [-0.4, -0.2) is 29.4 Å². The molecule has 1 heterocycles. The highest BCUT2D eigenvalue weighted by Gasteiger charge is 2.21. The minimum Gasteiger partial charge on any atom is -0.478 e. The predicted molar refractivity (Wildman–Crippen MR) is 111 cm³/mol. The van der Waals surface area contributed by atoms with Crippen LogP contribution >= 0.6 is 24.0 Å². The van der Waals surface area contributed by atoms with E-state index in [-0.39, 0.29) is 12.5 Å². The number of amides is 1. The van der Waals surface area contributed by atoms with Crippen molar-refractivity contribution >= 4 is 46.3 Å². The molecule has 3 rings (SSSR count). The van der Waals surface area contributed by atoms with E-state index in [1.807, 2.05) is 12.1 Å². The zero-order chi connectivity index (χ0) is 19.9. The van der Waals surface area contributed by atoms with Crippen molar-refractivity contribution in [3.8, 4) is 17.2 Å². The quantitative estimate of drug-likeness (QED) is 0.417. The zero-order valence-electron chi connectivity index (χ0n) is 15.0. The molecular weight excluding hydrogens is 398 g/mol. The maximum absolute atomic E-state index is 11.8. The third-order valence-corrected chi connectivity index (χ3v) is 4.69. The van der Waals surface area contributed by atoms with Crippen LogP contribution in [0, 0.1) is 0 Å². The molecule has 144 valence electrons. The number of carbonyl (C=O) groups is 2. The summed E-state index contributed by atoms with van der Waals surface area (Å²) in [4.78, 5) is 23.8. The molecule has 1 amide bonds. The lowest BCUT2D eigenvalue weighted by Gasteiger charge is -2.12. The number of hydrogen-bond donors (Lipinski definition) is 1. The summed E-state index contributed by atoms with van der Waals surface area (Å²) in [6.45, 7) is 1.83. The van der Waals surface area contributed by atoms with Gasteiger partial charge in [-0.25, -0.2) is 4.79 Å². The van der Waals surface area contributed by atoms with Crippen LogP contribution in [-0.2, 0) is 14.3 Å². The normalized spacial score (nSPS) is 14.7. The molecule has 28 heavy (non-hydrogen) atoms. The molecular formula is C20H17NO5S2. The van der Waals surface area contributed by atoms with Crippen LogP contribution in [0.15, 0.2) is 53.4 Å². The highest BCUT2D eigenvalue weighted by atomic mass is 32.2. The van der Waals surface area contributed by atoms with Gasteiger partial charge >= 0.3 is 5.97 Å². The molecule has 0 bridgehead atoms. The molecule has 2 aromatic rings. The third-order valence-electron chi connectivity index (χ3n) is 3.53. The average molecular weight is 415 g/mol. The van der Waals surface area contributed by atoms with Gasteiger partial charge < -0.3 is 19.5 Å². The molecule has 0 spiro atoms. The second-order valence-corrected chi connectivity index (χ2v) is 7.29. The number of nitrogens with one attached hydrogen (secondary N) is 1. The number of benzene rings is 2. The van der Waals surface area contributed by atoms with Crippen molar-refractivity contribution in [2.45, 2.75) is 6.92 Å². The fourth-order valence-electron chi connectivity index (χ4n) is 2.36. The van der Waals surface area contributed by atoms with E-state index in [1.165, 1.54) is 11.8 Å². The molecule has 1 saturated heterocycles. The zero-order valence-corrected chi connectivity index (χ0v) is 16.6. The second kappa shape index (κ2) is 9.38. The number of rotatable bonds is 7. The Kier molecular flexibility index (Phi) is 6.67. The Morgan fingerprint density at radius 2 is 1.96 bits per heavy atom. The summed E-state index contributed by atoms with van der Waals surface area (Å²) in [6.07, 6.45) is 1.75. The van der Waals surface area contributed by atoms with Crippen LogP contribution in [0.1, 0.15) is 12.5 Å². The number of para-hydroxylation sites is 2. The van der Waals surface area contributed by atoms with Crippen molar-refractivity contribution in [2.24, 2.45) is 0 Å². The van der Waals surface area contributed by atoms with E-state index >= 15 is 0 Å². The summed E-state index contributed by atoms with van der Waals surface area (Å²) in [6, 6.07) is 14.3. The minimum atomic E-state index is -0.448. The maximum Gasteiger partial charge on any atom is 0.344 e. The van der Waals surface area contributed by atoms with E-state index < -0.39 is 5.97 Å². The van der Waals surface area contributed by atoms with Gasteiger partial charge in [0.25, 0.3) is 5.91 Å². The van der Waals surface area contributed by atoms with Gasteiger partial charge in [0, 0.05) is 0 Å². The first-order valence-electron chi connectivity index (χ1n) is 8.45. The smallest absolute Gasteiger partial charge is 0.344 e. The number of esters is 1. The Labute approximate surface area is 171 Å². The first-order chi connectivity index (χ1) is 13.5. The Morgan fingerprint density at radius 3 is 2.68 bits per heavy atom. The molecule has 6 nitrogen and oxygen atoms in total. The van der Waals surface area contributed by atoms with Gasteiger partial charge in [0.05, 0.1) is 11.5 Å². The Hall–Kier alpha value is -2.84. The summed E-state index contributed by atoms with van der Waals surface area (Å²) in [5.41, 5.74) is 0.796. The van der Waals surface area contributed by atoms with Crippen molar-refractivity contribution in [1.82, 2.24) is 5.32 Å². The lowest BCUT2D eigenvalue weighted by molar-refractivity contribution is -0.145. The van der Waals surface area contributed by atoms with Crippen molar-refractivity contribution in [3.63, 3.8) is 0 Å². The van der Waals surface area contributed by atoms with Gasteiger partial charge in [0.1, 0.15) is 10.1 Å². The van der Waals surface area contributed by atoms with Crippen LogP contribution in [0.2, 0.25) is 0 Å². The molecule has 0 saturated carbocycles. The van der Waals surface area contributed by atoms with E-state index in [1.54, 1.807) is 49.4 Å². The number of hydrogen-bond acceptors (Lipinski definition) is 7. The van der Waals surface area contributed by atoms with Crippen LogP contribution < -0.4 is 14.8 Å². The SMILES string of the molecule is CCOC(=O)COc1ccccc1Oc1cccc(C=C2SC(=S)NC2=O)c1. The fourth-order valence-corrected chi connectivity index (χ4v) is 3.40. The van der Waals surface area contributed by atoms with Crippen LogP contribution in [0.25, 0.3) is 6.08 Å². The molecule has 0 aliphatic carbocycles. The molecule has 1 N–H and O–H groups in total. The van der Waals surface area contributed by atoms with Gasteiger partial charge in [-0.05, 0) is 42.8 Å². The Balaban J connectivity index is 1.74. The first kappa shape index (κ1) is 19.9. The maximum atomic E-state index is 11.8. The standard InChI is InChI=1S/C20H17NO5S2/c1-2-24-18(22)12-25-15-8-3-4-9-16(15)26-14-7-5-6-13(10-14)11-17-19(23)21-20(27)28-17/h3-11H,2,12H2,1H3,(H,21,23,27). The second-order valence-electron chi connectivity index (χ2n) is 5.57. The number of thiocarbonyl (C=S) groups is 1. The van der Waals surface area contributed by atoms with Gasteiger partial charge in [0.2, 0.25) is 0 Å². The van der Waals surface area contributed by atoms with Gasteiger partial charge in [0.15, 0.2) is 18.1 Å². The Morgan fingerprint density at radius 1 is 1.18 bits per heavy atom. The van der Waals surface area contributed by atoms with E-state index in [0.29, 0.717) is 33.1 Å². The van der Waals surface area contributed by atoms with E-state index in [9.17, 15) is 9.59 Å². The highest BCUT2D eigenvalue weighted by molar-refractivity contribution is 8.26. The molecule has 0 radical (unpaired) electrons.